The zero-order valence-corrected chi connectivity index (χ0v) is 14.5. The lowest BCUT2D eigenvalue weighted by molar-refractivity contribution is 0.415. The number of anilines is 1. The molecule has 128 valence electrons. The quantitative estimate of drug-likeness (QED) is 0.524. The molecule has 0 unspecified atom stereocenters. The van der Waals surface area contributed by atoms with Gasteiger partial charge in [0.25, 0.3) is 0 Å². The van der Waals surface area contributed by atoms with Crippen LogP contribution in [-0.4, -0.2) is 25.4 Å². The Morgan fingerprint density at radius 1 is 1.12 bits per heavy atom. The maximum Gasteiger partial charge on any atom is 0.203 e. The third-order valence-electron chi connectivity index (χ3n) is 3.43. The molecular weight excluding hydrogens is 341 g/mol. The zero-order chi connectivity index (χ0) is 17.6. The van der Waals surface area contributed by atoms with Crippen molar-refractivity contribution in [3.8, 4) is 22.8 Å². The van der Waals surface area contributed by atoms with Crippen LogP contribution in [0.2, 0.25) is 0 Å². The highest BCUT2D eigenvalue weighted by atomic mass is 32.1. The van der Waals surface area contributed by atoms with Gasteiger partial charge in [0.1, 0.15) is 17.3 Å². The molecule has 0 bridgehead atoms. The highest BCUT2D eigenvalue weighted by Gasteiger charge is 2.11. The molecule has 0 aliphatic carbocycles. The van der Waals surface area contributed by atoms with E-state index in [1.807, 2.05) is 29.6 Å². The molecule has 0 atom stereocenters. The van der Waals surface area contributed by atoms with Crippen molar-refractivity contribution in [1.29, 1.82) is 0 Å². The fourth-order valence-corrected chi connectivity index (χ4v) is 2.84. The number of aromatic nitrogens is 1. The lowest BCUT2D eigenvalue weighted by Gasteiger charge is -2.05. The van der Waals surface area contributed by atoms with Crippen LogP contribution in [0.5, 0.6) is 11.5 Å². The highest BCUT2D eigenvalue weighted by molar-refractivity contribution is 7.14. The molecule has 7 heteroatoms. The summed E-state index contributed by atoms with van der Waals surface area (Å²) in [5.74, 6) is 1.02. The molecule has 0 spiro atoms. The van der Waals surface area contributed by atoms with Crippen molar-refractivity contribution >= 4 is 22.7 Å². The molecule has 3 aromatic rings. The van der Waals surface area contributed by atoms with Gasteiger partial charge in [-0.2, -0.15) is 5.10 Å². The van der Waals surface area contributed by atoms with Crippen molar-refractivity contribution in [2.24, 2.45) is 5.10 Å². The minimum atomic E-state index is -0.337. The molecule has 0 amide bonds. The van der Waals surface area contributed by atoms with Gasteiger partial charge in [-0.15, -0.1) is 11.3 Å². The third-order valence-corrected chi connectivity index (χ3v) is 4.18. The number of halogens is 1. The van der Waals surface area contributed by atoms with E-state index in [-0.39, 0.29) is 5.82 Å². The van der Waals surface area contributed by atoms with E-state index in [1.165, 1.54) is 23.5 Å². The molecule has 2 aromatic carbocycles. The van der Waals surface area contributed by atoms with Crippen molar-refractivity contribution in [3.63, 3.8) is 0 Å². The lowest BCUT2D eigenvalue weighted by atomic mass is 10.1. The molecule has 5 nitrogen and oxygen atoms in total. The first-order valence-corrected chi connectivity index (χ1v) is 8.30. The summed E-state index contributed by atoms with van der Waals surface area (Å²) in [6.07, 6.45) is 1.68. The SMILES string of the molecule is COc1ccc(C=NNc2nc(-c3cc(F)ccc3OC)cs2)cc1. The van der Waals surface area contributed by atoms with Crippen molar-refractivity contribution in [3.05, 3.63) is 59.2 Å². The Morgan fingerprint density at radius 2 is 1.92 bits per heavy atom. The fourth-order valence-electron chi connectivity index (χ4n) is 2.18. The van der Waals surface area contributed by atoms with Gasteiger partial charge in [-0.05, 0) is 48.0 Å². The average molecular weight is 357 g/mol. The largest absolute Gasteiger partial charge is 0.497 e. The second kappa shape index (κ2) is 7.76. The summed E-state index contributed by atoms with van der Waals surface area (Å²) >= 11 is 1.38. The fraction of sp³-hybridized carbons (Fsp3) is 0.111. The van der Waals surface area contributed by atoms with Crippen LogP contribution in [-0.2, 0) is 0 Å². The minimum Gasteiger partial charge on any atom is -0.497 e. The van der Waals surface area contributed by atoms with E-state index in [1.54, 1.807) is 26.5 Å². The molecule has 25 heavy (non-hydrogen) atoms. The summed E-state index contributed by atoms with van der Waals surface area (Å²) in [5.41, 5.74) is 5.03. The lowest BCUT2D eigenvalue weighted by Crippen LogP contribution is -1.92. The average Bonchev–Trinajstić information content (AvgIpc) is 3.11. The number of hydrogen-bond donors (Lipinski definition) is 1. The normalized spacial score (nSPS) is 10.8. The smallest absolute Gasteiger partial charge is 0.203 e. The summed E-state index contributed by atoms with van der Waals surface area (Å²) in [6.45, 7) is 0. The van der Waals surface area contributed by atoms with Crippen molar-refractivity contribution in [1.82, 2.24) is 4.98 Å². The molecule has 0 aliphatic heterocycles. The molecular formula is C18H16FN3O2S. The van der Waals surface area contributed by atoms with Gasteiger partial charge in [-0.3, -0.25) is 5.43 Å². The number of ether oxygens (including phenoxy) is 2. The first kappa shape index (κ1) is 16.9. The predicted molar refractivity (Wildman–Crippen MR) is 98.3 cm³/mol. The second-order valence-electron chi connectivity index (χ2n) is 5.03. The summed E-state index contributed by atoms with van der Waals surface area (Å²) in [6, 6.07) is 11.9. The van der Waals surface area contributed by atoms with Gasteiger partial charge in [0.2, 0.25) is 5.13 Å². The molecule has 0 saturated heterocycles. The van der Waals surface area contributed by atoms with E-state index in [9.17, 15) is 4.39 Å². The first-order chi connectivity index (χ1) is 12.2. The number of nitrogens with one attached hydrogen (secondary N) is 1. The van der Waals surface area contributed by atoms with E-state index < -0.39 is 0 Å². The number of nitrogens with zero attached hydrogens (tertiary/aromatic N) is 2. The van der Waals surface area contributed by atoms with Crippen LogP contribution in [0.4, 0.5) is 9.52 Å². The Hall–Kier alpha value is -2.93. The van der Waals surface area contributed by atoms with E-state index in [4.69, 9.17) is 9.47 Å². The molecule has 3 rings (SSSR count). The Kier molecular flexibility index (Phi) is 5.25. The summed E-state index contributed by atoms with van der Waals surface area (Å²) in [5, 5.41) is 6.59. The Morgan fingerprint density at radius 3 is 2.64 bits per heavy atom. The minimum absolute atomic E-state index is 0.337. The van der Waals surface area contributed by atoms with Crippen LogP contribution >= 0.6 is 11.3 Å². The van der Waals surface area contributed by atoms with Gasteiger partial charge in [-0.1, -0.05) is 0 Å². The molecule has 1 N–H and O–H groups in total. The third kappa shape index (κ3) is 4.13. The van der Waals surface area contributed by atoms with E-state index in [0.717, 1.165) is 11.3 Å². The number of methoxy groups -OCH3 is 2. The van der Waals surface area contributed by atoms with Crippen molar-refractivity contribution in [2.45, 2.75) is 0 Å². The number of hydrazone groups is 1. The Bertz CT molecular complexity index is 878. The topological polar surface area (TPSA) is 55.7 Å². The van der Waals surface area contributed by atoms with Crippen LogP contribution in [0.3, 0.4) is 0 Å². The number of hydrogen-bond acceptors (Lipinski definition) is 6. The van der Waals surface area contributed by atoms with Gasteiger partial charge >= 0.3 is 0 Å². The van der Waals surface area contributed by atoms with Gasteiger partial charge < -0.3 is 9.47 Å². The molecule has 0 saturated carbocycles. The van der Waals surface area contributed by atoms with Gasteiger partial charge in [0.05, 0.1) is 26.1 Å². The van der Waals surface area contributed by atoms with Gasteiger partial charge in [0.15, 0.2) is 0 Å². The number of benzene rings is 2. The maximum absolute atomic E-state index is 13.5. The van der Waals surface area contributed by atoms with E-state index in [2.05, 4.69) is 15.5 Å². The molecule has 1 aromatic heterocycles. The Balaban J connectivity index is 1.71. The van der Waals surface area contributed by atoms with Gasteiger partial charge in [-0.25, -0.2) is 9.37 Å². The van der Waals surface area contributed by atoms with Crippen LogP contribution in [0, 0.1) is 5.82 Å². The number of rotatable bonds is 6. The maximum atomic E-state index is 13.5. The summed E-state index contributed by atoms with van der Waals surface area (Å²) < 4.78 is 23.9. The van der Waals surface area contributed by atoms with Crippen molar-refractivity contribution < 1.29 is 13.9 Å². The molecule has 0 fully saturated rings. The summed E-state index contributed by atoms with van der Waals surface area (Å²) in [7, 11) is 3.17. The number of thiazole rings is 1. The monoisotopic (exact) mass is 357 g/mol. The zero-order valence-electron chi connectivity index (χ0n) is 13.7. The molecule has 1 heterocycles. The van der Waals surface area contributed by atoms with Gasteiger partial charge in [0, 0.05) is 10.9 Å². The summed E-state index contributed by atoms with van der Waals surface area (Å²) in [4.78, 5) is 4.42. The van der Waals surface area contributed by atoms with Crippen LogP contribution in [0.1, 0.15) is 5.56 Å². The molecule has 0 radical (unpaired) electrons. The molecule has 0 aliphatic rings. The van der Waals surface area contributed by atoms with Crippen LogP contribution in [0.15, 0.2) is 52.9 Å². The second-order valence-corrected chi connectivity index (χ2v) is 5.88. The van der Waals surface area contributed by atoms with E-state index in [0.29, 0.717) is 22.1 Å². The van der Waals surface area contributed by atoms with E-state index >= 15 is 0 Å². The van der Waals surface area contributed by atoms with Crippen molar-refractivity contribution in [2.75, 3.05) is 19.6 Å². The standard InChI is InChI=1S/C18H16FN3O2S/c1-23-14-6-3-12(4-7-14)10-20-22-18-21-16(11-25-18)15-9-13(19)5-8-17(15)24-2/h3-11H,1-2H3,(H,21,22). The van der Waals surface area contributed by atoms with Crippen LogP contribution in [0.25, 0.3) is 11.3 Å². The van der Waals surface area contributed by atoms with Crippen LogP contribution < -0.4 is 14.9 Å². The first-order valence-electron chi connectivity index (χ1n) is 7.42. The predicted octanol–water partition coefficient (Wildman–Crippen LogP) is 4.41. The Labute approximate surface area is 148 Å². The highest BCUT2D eigenvalue weighted by Crippen LogP contribution is 2.32.